The van der Waals surface area contributed by atoms with E-state index >= 15 is 0 Å². The molecule has 4 nitrogen and oxygen atoms in total. The average molecular weight is 345 g/mol. The lowest BCUT2D eigenvalue weighted by molar-refractivity contribution is -0.129. The quantitative estimate of drug-likeness (QED) is 0.763. The smallest absolute Gasteiger partial charge is 0.349 e. The number of nitrogens with one attached hydrogen (secondary N) is 1. The van der Waals surface area contributed by atoms with Gasteiger partial charge in [0, 0.05) is 0 Å². The third-order valence-electron chi connectivity index (χ3n) is 3.80. The van der Waals surface area contributed by atoms with Gasteiger partial charge in [0.15, 0.2) is 6.10 Å². The molecule has 0 aliphatic rings. The fraction of sp³-hybridized carbons (Fsp3) is 0.368. The number of thiophene rings is 1. The number of carbonyl (C=O) groups excluding carboxylic acids is 2. The molecule has 2 aromatic rings. The Morgan fingerprint density at radius 1 is 1.21 bits per heavy atom. The van der Waals surface area contributed by atoms with E-state index in [1.807, 2.05) is 48.7 Å². The van der Waals surface area contributed by atoms with Gasteiger partial charge in [0.2, 0.25) is 0 Å². The van der Waals surface area contributed by atoms with Gasteiger partial charge in [0.05, 0.1) is 6.04 Å². The molecule has 1 N–H and O–H groups in total. The summed E-state index contributed by atoms with van der Waals surface area (Å²) in [6.07, 6.45) is 0.949. The summed E-state index contributed by atoms with van der Waals surface area (Å²) in [6, 6.07) is 11.6. The Labute approximate surface area is 146 Å². The molecule has 0 saturated carbocycles. The second-order valence-corrected chi connectivity index (χ2v) is 6.66. The van der Waals surface area contributed by atoms with E-state index in [9.17, 15) is 9.59 Å². The predicted octanol–water partition coefficient (Wildman–Crippen LogP) is 4.26. The normalized spacial score (nSPS) is 13.1. The molecule has 1 aromatic heterocycles. The number of aryl methyl sites for hydroxylation is 1. The van der Waals surface area contributed by atoms with Gasteiger partial charge in [-0.2, -0.15) is 0 Å². The minimum Gasteiger partial charge on any atom is -0.448 e. The van der Waals surface area contributed by atoms with Crippen LogP contribution in [0.1, 0.15) is 53.5 Å². The average Bonchev–Trinajstić information content (AvgIpc) is 3.01. The number of rotatable bonds is 7. The minimum absolute atomic E-state index is 0.0756. The van der Waals surface area contributed by atoms with E-state index in [1.54, 1.807) is 6.92 Å². The summed E-state index contributed by atoms with van der Waals surface area (Å²) in [5, 5.41) is 4.82. The molecule has 24 heavy (non-hydrogen) atoms. The summed E-state index contributed by atoms with van der Waals surface area (Å²) in [6.45, 7) is 5.53. The molecule has 0 bridgehead atoms. The van der Waals surface area contributed by atoms with Crippen LogP contribution in [-0.2, 0) is 9.53 Å². The van der Waals surface area contributed by atoms with Gasteiger partial charge in [-0.25, -0.2) is 4.79 Å². The van der Waals surface area contributed by atoms with Crippen molar-refractivity contribution in [2.75, 3.05) is 0 Å². The lowest BCUT2D eigenvalue weighted by atomic mass is 10.0. The molecule has 2 rings (SSSR count). The van der Waals surface area contributed by atoms with Crippen LogP contribution in [-0.4, -0.2) is 18.0 Å². The number of ether oxygens (including phenoxy) is 1. The summed E-state index contributed by atoms with van der Waals surface area (Å²) < 4.78 is 5.31. The van der Waals surface area contributed by atoms with Crippen molar-refractivity contribution < 1.29 is 14.3 Å². The summed E-state index contributed by atoms with van der Waals surface area (Å²) in [5.41, 5.74) is 1.92. The van der Waals surface area contributed by atoms with Crippen molar-refractivity contribution in [2.45, 2.75) is 45.8 Å². The topological polar surface area (TPSA) is 55.4 Å². The number of amides is 1. The molecule has 0 radical (unpaired) electrons. The van der Waals surface area contributed by atoms with Crippen molar-refractivity contribution in [2.24, 2.45) is 0 Å². The molecule has 0 aliphatic carbocycles. The van der Waals surface area contributed by atoms with Crippen LogP contribution < -0.4 is 5.32 Å². The molecule has 0 fully saturated rings. The highest BCUT2D eigenvalue weighted by molar-refractivity contribution is 7.12. The monoisotopic (exact) mass is 345 g/mol. The Bertz CT molecular complexity index is 681. The van der Waals surface area contributed by atoms with E-state index in [-0.39, 0.29) is 11.9 Å². The van der Waals surface area contributed by atoms with Crippen molar-refractivity contribution in [1.82, 2.24) is 5.32 Å². The van der Waals surface area contributed by atoms with Crippen LogP contribution in [0.4, 0.5) is 0 Å². The summed E-state index contributed by atoms with van der Waals surface area (Å²) in [4.78, 5) is 25.1. The van der Waals surface area contributed by atoms with Crippen LogP contribution in [0.3, 0.4) is 0 Å². The van der Waals surface area contributed by atoms with Gasteiger partial charge in [0.25, 0.3) is 5.91 Å². The minimum atomic E-state index is -0.831. The first-order chi connectivity index (χ1) is 11.5. The van der Waals surface area contributed by atoms with Crippen molar-refractivity contribution in [3.05, 3.63) is 57.8 Å². The third kappa shape index (κ3) is 4.68. The molecule has 0 aliphatic heterocycles. The van der Waals surface area contributed by atoms with Crippen LogP contribution >= 0.6 is 11.3 Å². The van der Waals surface area contributed by atoms with Crippen LogP contribution in [0.25, 0.3) is 0 Å². The fourth-order valence-electron chi connectivity index (χ4n) is 2.43. The SMILES string of the molecule is CCCC(NC(=O)C(C)OC(=O)c1sccc1C)c1ccccc1. The molecule has 128 valence electrons. The van der Waals surface area contributed by atoms with E-state index in [0.717, 1.165) is 24.0 Å². The number of esters is 1. The first-order valence-corrected chi connectivity index (χ1v) is 9.01. The lowest BCUT2D eigenvalue weighted by Crippen LogP contribution is -2.38. The number of hydrogen-bond donors (Lipinski definition) is 1. The predicted molar refractivity (Wildman–Crippen MR) is 96.2 cm³/mol. The maximum atomic E-state index is 12.4. The van der Waals surface area contributed by atoms with Gasteiger partial charge in [-0.3, -0.25) is 4.79 Å². The van der Waals surface area contributed by atoms with Crippen molar-refractivity contribution in [3.63, 3.8) is 0 Å². The highest BCUT2D eigenvalue weighted by atomic mass is 32.1. The fourth-order valence-corrected chi connectivity index (χ4v) is 3.24. The van der Waals surface area contributed by atoms with E-state index in [2.05, 4.69) is 12.2 Å². The Hall–Kier alpha value is -2.14. The van der Waals surface area contributed by atoms with Gasteiger partial charge < -0.3 is 10.1 Å². The first kappa shape index (κ1) is 18.2. The van der Waals surface area contributed by atoms with E-state index in [4.69, 9.17) is 4.74 Å². The highest BCUT2D eigenvalue weighted by Crippen LogP contribution is 2.20. The zero-order valence-corrected chi connectivity index (χ0v) is 15.1. The Morgan fingerprint density at radius 3 is 2.50 bits per heavy atom. The molecule has 2 atom stereocenters. The largest absolute Gasteiger partial charge is 0.448 e. The van der Waals surface area contributed by atoms with Crippen LogP contribution in [0.5, 0.6) is 0 Å². The second-order valence-electron chi connectivity index (χ2n) is 5.74. The number of benzene rings is 1. The molecule has 2 unspecified atom stereocenters. The molecule has 1 amide bonds. The molecular weight excluding hydrogens is 322 g/mol. The van der Waals surface area contributed by atoms with Gasteiger partial charge in [0.1, 0.15) is 4.88 Å². The molecule has 0 saturated heterocycles. The van der Waals surface area contributed by atoms with E-state index < -0.39 is 12.1 Å². The van der Waals surface area contributed by atoms with E-state index in [0.29, 0.717) is 4.88 Å². The van der Waals surface area contributed by atoms with Crippen molar-refractivity contribution in [1.29, 1.82) is 0 Å². The van der Waals surface area contributed by atoms with Gasteiger partial charge in [-0.15, -0.1) is 11.3 Å². The molecule has 5 heteroatoms. The number of hydrogen-bond acceptors (Lipinski definition) is 4. The first-order valence-electron chi connectivity index (χ1n) is 8.13. The molecule has 1 heterocycles. The van der Waals surface area contributed by atoms with E-state index in [1.165, 1.54) is 11.3 Å². The van der Waals surface area contributed by atoms with Gasteiger partial charge in [-0.05, 0) is 42.8 Å². The Morgan fingerprint density at radius 2 is 1.92 bits per heavy atom. The Balaban J connectivity index is 1.99. The van der Waals surface area contributed by atoms with Gasteiger partial charge in [-0.1, -0.05) is 43.7 Å². The van der Waals surface area contributed by atoms with Crippen molar-refractivity contribution in [3.8, 4) is 0 Å². The lowest BCUT2D eigenvalue weighted by Gasteiger charge is -2.21. The third-order valence-corrected chi connectivity index (χ3v) is 4.79. The molecule has 0 spiro atoms. The standard InChI is InChI=1S/C19H23NO3S/c1-4-8-16(15-9-6-5-7-10-15)20-18(21)14(3)23-19(22)17-13(2)11-12-24-17/h5-7,9-12,14,16H,4,8H2,1-3H3,(H,20,21). The Kier molecular flexibility index (Phi) is 6.55. The molecular formula is C19H23NO3S. The van der Waals surface area contributed by atoms with Crippen LogP contribution in [0.15, 0.2) is 41.8 Å². The van der Waals surface area contributed by atoms with Crippen LogP contribution in [0.2, 0.25) is 0 Å². The maximum Gasteiger partial charge on any atom is 0.349 e. The van der Waals surface area contributed by atoms with Crippen molar-refractivity contribution >= 4 is 23.2 Å². The zero-order chi connectivity index (χ0) is 17.5. The van der Waals surface area contributed by atoms with Gasteiger partial charge >= 0.3 is 5.97 Å². The highest BCUT2D eigenvalue weighted by Gasteiger charge is 2.23. The number of carbonyl (C=O) groups is 2. The summed E-state index contributed by atoms with van der Waals surface area (Å²) in [7, 11) is 0. The summed E-state index contributed by atoms with van der Waals surface area (Å²) >= 11 is 1.32. The second kappa shape index (κ2) is 8.64. The molecule has 1 aromatic carbocycles. The van der Waals surface area contributed by atoms with Crippen LogP contribution in [0, 0.1) is 6.92 Å². The maximum absolute atomic E-state index is 12.4. The zero-order valence-electron chi connectivity index (χ0n) is 14.2. The summed E-state index contributed by atoms with van der Waals surface area (Å²) in [5.74, 6) is -0.725.